The maximum atomic E-state index is 13.6. The summed E-state index contributed by atoms with van der Waals surface area (Å²) in [7, 11) is 0. The summed E-state index contributed by atoms with van der Waals surface area (Å²) in [6.07, 6.45) is 0.597. The van der Waals surface area contributed by atoms with Crippen molar-refractivity contribution in [2.75, 3.05) is 23.4 Å². The molecule has 53 heavy (non-hydrogen) atoms. The van der Waals surface area contributed by atoms with Gasteiger partial charge in [-0.2, -0.15) is 17.7 Å². The van der Waals surface area contributed by atoms with E-state index in [1.807, 2.05) is 0 Å². The van der Waals surface area contributed by atoms with Crippen molar-refractivity contribution in [2.45, 2.75) is 42.0 Å². The molecule has 0 saturated carbocycles. The molecule has 4 heterocycles. The number of nitrogens with one attached hydrogen (secondary N) is 2. The number of phenols is 1. The van der Waals surface area contributed by atoms with Gasteiger partial charge in [0.05, 0.1) is 23.0 Å². The molecule has 12 nitrogen and oxygen atoms in total. The summed E-state index contributed by atoms with van der Waals surface area (Å²) in [5.41, 5.74) is 0.325. The number of nitrogens with zero attached hydrogens (tertiary/aromatic N) is 3. The predicted octanol–water partition coefficient (Wildman–Crippen LogP) is 2.33. The minimum absolute atomic E-state index is 0.0787. The third-order valence-electron chi connectivity index (χ3n) is 8.51. The number of thioether (sulfide) groups is 2. The molecule has 2 unspecified atom stereocenters. The van der Waals surface area contributed by atoms with Crippen LogP contribution >= 0.6 is 23.5 Å². The average Bonchev–Trinajstić information content (AvgIpc) is 3.45. The zero-order chi connectivity index (χ0) is 38.0. The molecule has 0 radical (unpaired) electrons. The van der Waals surface area contributed by atoms with Crippen LogP contribution in [0.15, 0.2) is 94.8 Å². The van der Waals surface area contributed by atoms with Gasteiger partial charge in [-0.25, -0.2) is 4.39 Å². The lowest BCUT2D eigenvalue weighted by molar-refractivity contribution is -0.684. The number of hydrogen-bond donors (Lipinski definition) is 3. The van der Waals surface area contributed by atoms with Gasteiger partial charge in [-0.05, 0) is 60.0 Å². The highest BCUT2D eigenvalue weighted by atomic mass is 32.2. The number of likely N-dealkylation sites (tertiary alicyclic amines) is 1. The molecule has 276 valence electrons. The highest BCUT2D eigenvalue weighted by Gasteiger charge is 2.52. The van der Waals surface area contributed by atoms with Crippen molar-refractivity contribution in [1.82, 2.24) is 15.1 Å². The van der Waals surface area contributed by atoms with Gasteiger partial charge in [0.15, 0.2) is 24.0 Å². The van der Waals surface area contributed by atoms with Gasteiger partial charge in [0.25, 0.3) is 11.8 Å². The Morgan fingerprint density at radius 1 is 1.06 bits per heavy atom. The largest absolute Gasteiger partial charge is 0.543 e. The topological polar surface area (TPSA) is 163 Å². The monoisotopic (exact) mass is 771 g/mol. The SMILES string of the molecule is O=C(C[n+]1ccc(CN2CC/C(=C\C3=C(C(=O)[O-])N4C(=O)C(NC(=O)CSc5ccc(C(F)(F)F)cc5)C4SC3)C2=O)cc1)Nc1ccc(O)c(F)c1. The number of carboxylic acid groups (broad SMARTS) is 1. The van der Waals surface area contributed by atoms with E-state index in [2.05, 4.69) is 10.6 Å². The first kappa shape index (κ1) is 37.4. The summed E-state index contributed by atoms with van der Waals surface area (Å²) in [6, 6.07) is 10.2. The third kappa shape index (κ3) is 8.49. The minimum Gasteiger partial charge on any atom is -0.543 e. The highest BCUT2D eigenvalue weighted by Crippen LogP contribution is 2.41. The number of benzene rings is 2. The fourth-order valence-corrected chi connectivity index (χ4v) is 7.89. The number of aromatic hydroxyl groups is 1. The Bertz CT molecular complexity index is 2040. The van der Waals surface area contributed by atoms with E-state index in [-0.39, 0.29) is 47.5 Å². The summed E-state index contributed by atoms with van der Waals surface area (Å²) in [6.45, 7) is 0.517. The van der Waals surface area contributed by atoms with Crippen LogP contribution in [0.5, 0.6) is 5.75 Å². The summed E-state index contributed by atoms with van der Waals surface area (Å²) < 4.78 is 53.6. The van der Waals surface area contributed by atoms with Crippen LogP contribution in [0.3, 0.4) is 0 Å². The number of hydrogen-bond acceptors (Lipinski definition) is 9. The zero-order valence-corrected chi connectivity index (χ0v) is 29.0. The number of amides is 4. The molecule has 18 heteroatoms. The van der Waals surface area contributed by atoms with Crippen LogP contribution in [0.4, 0.5) is 23.2 Å². The molecule has 2 aromatic carbocycles. The molecule has 3 aliphatic rings. The Kier molecular flexibility index (Phi) is 10.8. The smallest absolute Gasteiger partial charge is 0.416 e. The number of halogens is 4. The Hall–Kier alpha value is -5.36. The molecule has 2 atom stereocenters. The highest BCUT2D eigenvalue weighted by molar-refractivity contribution is 8.00. The van der Waals surface area contributed by atoms with E-state index in [1.54, 1.807) is 34.0 Å². The number of anilines is 1. The van der Waals surface area contributed by atoms with Gasteiger partial charge in [0.2, 0.25) is 18.4 Å². The van der Waals surface area contributed by atoms with Crippen LogP contribution in [0, 0.1) is 5.82 Å². The summed E-state index contributed by atoms with van der Waals surface area (Å²) >= 11 is 2.19. The molecule has 2 saturated heterocycles. The van der Waals surface area contributed by atoms with Gasteiger partial charge in [-0.15, -0.1) is 23.5 Å². The van der Waals surface area contributed by atoms with Crippen molar-refractivity contribution in [1.29, 1.82) is 0 Å². The minimum atomic E-state index is -4.49. The number of carbonyl (C=O) groups excluding carboxylic acids is 5. The molecular weight excluding hydrogens is 743 g/mol. The van der Waals surface area contributed by atoms with E-state index < -0.39 is 58.4 Å². The van der Waals surface area contributed by atoms with E-state index in [0.717, 1.165) is 46.5 Å². The molecule has 6 rings (SSSR count). The van der Waals surface area contributed by atoms with Crippen molar-refractivity contribution < 1.29 is 56.3 Å². The van der Waals surface area contributed by atoms with E-state index in [0.29, 0.717) is 23.4 Å². The maximum absolute atomic E-state index is 13.6. The lowest BCUT2D eigenvalue weighted by Crippen LogP contribution is -2.71. The number of fused-ring (bicyclic) bond motifs is 1. The van der Waals surface area contributed by atoms with Crippen molar-refractivity contribution in [3.05, 3.63) is 107 Å². The van der Waals surface area contributed by atoms with Crippen molar-refractivity contribution in [2.24, 2.45) is 0 Å². The Morgan fingerprint density at radius 3 is 2.43 bits per heavy atom. The first-order chi connectivity index (χ1) is 25.2. The molecule has 3 N–H and O–H groups in total. The fourth-order valence-electron chi connectivity index (χ4n) is 5.88. The van der Waals surface area contributed by atoms with Gasteiger partial charge in [-0.3, -0.25) is 24.1 Å². The summed E-state index contributed by atoms with van der Waals surface area (Å²) in [5.74, 6) is -5.03. The molecule has 1 aromatic heterocycles. The lowest BCUT2D eigenvalue weighted by Gasteiger charge is -2.50. The number of allylic oxidation sites excluding steroid dienone is 1. The van der Waals surface area contributed by atoms with Gasteiger partial charge in [0.1, 0.15) is 11.4 Å². The van der Waals surface area contributed by atoms with Crippen LogP contribution in [-0.4, -0.2) is 74.0 Å². The molecule has 2 fully saturated rings. The van der Waals surface area contributed by atoms with Crippen LogP contribution in [0.25, 0.3) is 0 Å². The second-order valence-electron chi connectivity index (χ2n) is 12.2. The quantitative estimate of drug-likeness (QED) is 0.0664. The first-order valence-corrected chi connectivity index (χ1v) is 18.0. The van der Waals surface area contributed by atoms with Crippen molar-refractivity contribution in [3.8, 4) is 5.75 Å². The van der Waals surface area contributed by atoms with E-state index in [1.165, 1.54) is 36.0 Å². The lowest BCUT2D eigenvalue weighted by atomic mass is 10.0. The number of pyridine rings is 1. The molecule has 0 bridgehead atoms. The second kappa shape index (κ2) is 15.3. The van der Waals surface area contributed by atoms with E-state index >= 15 is 0 Å². The molecular formula is C35H29F4N5O7S2. The number of carbonyl (C=O) groups is 5. The first-order valence-electron chi connectivity index (χ1n) is 15.9. The number of alkyl halides is 3. The molecule has 3 aromatic rings. The Labute approximate surface area is 307 Å². The molecule has 0 aliphatic carbocycles. The molecule has 3 aliphatic heterocycles. The van der Waals surface area contributed by atoms with Crippen molar-refractivity contribution in [3.63, 3.8) is 0 Å². The van der Waals surface area contributed by atoms with Crippen LogP contribution < -0.4 is 20.3 Å². The van der Waals surface area contributed by atoms with E-state index in [4.69, 9.17) is 0 Å². The third-order valence-corrected chi connectivity index (χ3v) is 10.8. The van der Waals surface area contributed by atoms with Gasteiger partial charge >= 0.3 is 6.18 Å². The number of aromatic nitrogens is 1. The van der Waals surface area contributed by atoms with E-state index in [9.17, 15) is 51.7 Å². The second-order valence-corrected chi connectivity index (χ2v) is 14.3. The number of rotatable bonds is 11. The van der Waals surface area contributed by atoms with Gasteiger partial charge < -0.3 is 30.5 Å². The Morgan fingerprint density at radius 2 is 1.77 bits per heavy atom. The normalized spacial score (nSPS) is 19.3. The average molecular weight is 772 g/mol. The van der Waals surface area contributed by atoms with Crippen molar-refractivity contribution >= 4 is 58.8 Å². The number of phenolic OH excluding ortho intramolecular Hbond substituents is 1. The molecule has 0 spiro atoms. The van der Waals surface area contributed by atoms with Crippen LogP contribution in [-0.2, 0) is 43.2 Å². The fraction of sp³-hybridized carbons (Fsp3) is 0.257. The summed E-state index contributed by atoms with van der Waals surface area (Å²) in [5, 5.41) is 25.9. The van der Waals surface area contributed by atoms with Crippen LogP contribution in [0.1, 0.15) is 17.5 Å². The van der Waals surface area contributed by atoms with Gasteiger partial charge in [0, 0.05) is 53.2 Å². The number of β-lactam (4-membered cyclic amide) rings is 1. The predicted molar refractivity (Wildman–Crippen MR) is 181 cm³/mol. The molecule has 4 amide bonds. The Balaban J connectivity index is 1.03. The number of carboxylic acids is 1. The zero-order valence-electron chi connectivity index (χ0n) is 27.4. The number of aliphatic carboxylic acids is 1. The van der Waals surface area contributed by atoms with Gasteiger partial charge in [-0.1, -0.05) is 0 Å². The summed E-state index contributed by atoms with van der Waals surface area (Å²) in [4.78, 5) is 66.6. The van der Waals surface area contributed by atoms with Crippen LogP contribution in [0.2, 0.25) is 0 Å². The maximum Gasteiger partial charge on any atom is 0.416 e. The standard InChI is InChI=1S/C35H29F4N5O7S2/c36-25-14-23(3-6-26(25)45)40-27(46)16-42-10-7-19(8-11-42)15-43-12-9-20(31(43)48)13-21-17-53-33-29(32(49)44(33)30(21)34(50)51)41-28(47)18-52-24-4-1-22(2-5-24)35(37,38)39/h1-8,10-11,13-14,29,33H,9,12,15-18H2,(H3-,40,41,45,46,47,50,51)/b20-13+.